The maximum atomic E-state index is 12.7. The summed E-state index contributed by atoms with van der Waals surface area (Å²) < 4.78 is 15.1. The van der Waals surface area contributed by atoms with E-state index in [1.54, 1.807) is 25.1 Å². The summed E-state index contributed by atoms with van der Waals surface area (Å²) in [6.07, 6.45) is 0. The summed E-state index contributed by atoms with van der Waals surface area (Å²) in [5.41, 5.74) is 3.69. The first kappa shape index (κ1) is 31.1. The minimum Gasteiger partial charge on any atom is -0.465 e. The van der Waals surface area contributed by atoms with Gasteiger partial charge in [0, 0.05) is 16.7 Å². The molecule has 0 aliphatic heterocycles. The zero-order chi connectivity index (χ0) is 30.5. The topological polar surface area (TPSA) is 122 Å². The second-order valence-electron chi connectivity index (χ2n) is 8.73. The van der Waals surface area contributed by atoms with Gasteiger partial charge in [0.25, 0.3) is 0 Å². The molecule has 0 saturated carbocycles. The fraction of sp³-hybridized carbons (Fsp3) is 0.219. The van der Waals surface area contributed by atoms with Gasteiger partial charge in [0.2, 0.25) is 0 Å². The van der Waals surface area contributed by atoms with Crippen LogP contribution in [0.25, 0.3) is 0 Å². The summed E-state index contributed by atoms with van der Waals surface area (Å²) >= 11 is 0. The number of carbonyl (C=O) groups is 3. The molecule has 0 bridgehead atoms. The number of rotatable bonds is 10. The lowest BCUT2D eigenvalue weighted by molar-refractivity contribution is -0.132. The molecule has 0 aliphatic carbocycles. The van der Waals surface area contributed by atoms with Gasteiger partial charge in [0.05, 0.1) is 25.3 Å². The van der Waals surface area contributed by atoms with E-state index in [1.807, 2.05) is 43.3 Å². The van der Waals surface area contributed by atoms with Crippen molar-refractivity contribution in [3.05, 3.63) is 106 Å². The molecule has 0 fully saturated rings. The predicted molar refractivity (Wildman–Crippen MR) is 155 cm³/mol. The van der Waals surface area contributed by atoms with E-state index in [0.717, 1.165) is 11.1 Å². The van der Waals surface area contributed by atoms with Crippen LogP contribution in [0.1, 0.15) is 55.5 Å². The third-order valence-electron chi connectivity index (χ3n) is 5.88. The average Bonchev–Trinajstić information content (AvgIpc) is 3.01. The SMILES string of the molecule is CO/N=C(/C(=O)OC)c1cccc(C)c1CO/N=C(\C)C#Cc1ccc(C(=O)OCc2ccccc2)c(C(=O)OC)c1. The number of hydrogen-bond acceptors (Lipinski definition) is 10. The molecule has 0 saturated heterocycles. The summed E-state index contributed by atoms with van der Waals surface area (Å²) in [5, 5.41) is 7.86. The Morgan fingerprint density at radius 1 is 0.786 bits per heavy atom. The maximum absolute atomic E-state index is 12.7. The fourth-order valence-corrected chi connectivity index (χ4v) is 3.76. The molecule has 0 unspecified atom stereocenters. The van der Waals surface area contributed by atoms with Gasteiger partial charge in [-0.3, -0.25) is 0 Å². The Hall–Kier alpha value is -5.43. The highest BCUT2D eigenvalue weighted by Gasteiger charge is 2.21. The van der Waals surface area contributed by atoms with Crippen LogP contribution < -0.4 is 0 Å². The van der Waals surface area contributed by atoms with Crippen LogP contribution in [0.3, 0.4) is 0 Å². The Kier molecular flexibility index (Phi) is 11.4. The van der Waals surface area contributed by atoms with Crippen LogP contribution in [-0.2, 0) is 41.9 Å². The Labute approximate surface area is 243 Å². The highest BCUT2D eigenvalue weighted by Crippen LogP contribution is 2.18. The van der Waals surface area contributed by atoms with Gasteiger partial charge in [0.1, 0.15) is 26.0 Å². The van der Waals surface area contributed by atoms with Gasteiger partial charge in [-0.15, -0.1) is 0 Å². The van der Waals surface area contributed by atoms with Crippen LogP contribution in [0.4, 0.5) is 0 Å². The van der Waals surface area contributed by atoms with Crippen LogP contribution >= 0.6 is 0 Å². The van der Waals surface area contributed by atoms with E-state index in [4.69, 9.17) is 23.9 Å². The lowest BCUT2D eigenvalue weighted by atomic mass is 9.99. The summed E-state index contributed by atoms with van der Waals surface area (Å²) in [6.45, 7) is 3.59. The van der Waals surface area contributed by atoms with Crippen molar-refractivity contribution in [3.63, 3.8) is 0 Å². The summed E-state index contributed by atoms with van der Waals surface area (Å²) in [6, 6.07) is 19.1. The fourth-order valence-electron chi connectivity index (χ4n) is 3.76. The molecule has 3 aromatic carbocycles. The van der Waals surface area contributed by atoms with Gasteiger partial charge in [-0.1, -0.05) is 64.8 Å². The smallest absolute Gasteiger partial charge is 0.360 e. The molecule has 10 heteroatoms. The largest absolute Gasteiger partial charge is 0.465 e. The number of ether oxygens (including phenoxy) is 3. The summed E-state index contributed by atoms with van der Waals surface area (Å²) in [4.78, 5) is 47.7. The standard InChI is InChI=1S/C32H30N2O8/c1-21-10-9-13-25(29(34-40-5)32(37)39-4)28(21)20-42-33-22(2)14-15-23-16-17-26(27(18-23)30(35)38-3)31(36)41-19-24-11-7-6-8-12-24/h6-13,16-18H,19-20H2,1-5H3/b33-22+,34-29+. The molecule has 0 aromatic heterocycles. The van der Waals surface area contributed by atoms with E-state index in [1.165, 1.54) is 33.5 Å². The third kappa shape index (κ3) is 8.29. The van der Waals surface area contributed by atoms with E-state index >= 15 is 0 Å². The molecule has 0 atom stereocenters. The molecule has 3 rings (SSSR count). The van der Waals surface area contributed by atoms with Crippen molar-refractivity contribution in [1.82, 2.24) is 0 Å². The van der Waals surface area contributed by atoms with Crippen molar-refractivity contribution in [3.8, 4) is 11.8 Å². The van der Waals surface area contributed by atoms with Crippen molar-refractivity contribution in [1.29, 1.82) is 0 Å². The van der Waals surface area contributed by atoms with Crippen LogP contribution in [0.5, 0.6) is 0 Å². The van der Waals surface area contributed by atoms with Crippen molar-refractivity contribution < 1.29 is 38.3 Å². The summed E-state index contributed by atoms with van der Waals surface area (Å²) in [5.74, 6) is 3.74. The van der Waals surface area contributed by atoms with Crippen molar-refractivity contribution >= 4 is 29.3 Å². The van der Waals surface area contributed by atoms with E-state index in [-0.39, 0.29) is 30.1 Å². The molecule has 0 spiro atoms. The molecule has 10 nitrogen and oxygen atoms in total. The number of methoxy groups -OCH3 is 2. The number of carbonyl (C=O) groups excluding carboxylic acids is 3. The molecule has 216 valence electrons. The zero-order valence-electron chi connectivity index (χ0n) is 23.9. The van der Waals surface area contributed by atoms with Crippen LogP contribution in [0, 0.1) is 18.8 Å². The first-order chi connectivity index (χ1) is 20.3. The first-order valence-electron chi connectivity index (χ1n) is 12.7. The second kappa shape index (κ2) is 15.4. The van der Waals surface area contributed by atoms with E-state index < -0.39 is 17.9 Å². The Bertz CT molecular complexity index is 1570. The van der Waals surface area contributed by atoms with Crippen molar-refractivity contribution in [2.75, 3.05) is 21.3 Å². The van der Waals surface area contributed by atoms with Crippen molar-refractivity contribution in [2.24, 2.45) is 10.3 Å². The quantitative estimate of drug-likeness (QED) is 0.114. The molecular weight excluding hydrogens is 540 g/mol. The number of benzene rings is 3. The second-order valence-corrected chi connectivity index (χ2v) is 8.73. The molecule has 0 radical (unpaired) electrons. The molecular formula is C32H30N2O8. The molecule has 42 heavy (non-hydrogen) atoms. The monoisotopic (exact) mass is 570 g/mol. The minimum atomic E-state index is -0.698. The number of hydrogen-bond donors (Lipinski definition) is 0. The number of nitrogens with zero attached hydrogens (tertiary/aromatic N) is 2. The van der Waals surface area contributed by atoms with Gasteiger partial charge >= 0.3 is 17.9 Å². The highest BCUT2D eigenvalue weighted by molar-refractivity contribution is 6.43. The van der Waals surface area contributed by atoms with Gasteiger partial charge in [0.15, 0.2) is 5.71 Å². The van der Waals surface area contributed by atoms with Gasteiger partial charge in [-0.25, -0.2) is 14.4 Å². The summed E-state index contributed by atoms with van der Waals surface area (Å²) in [7, 11) is 3.81. The van der Waals surface area contributed by atoms with E-state index in [9.17, 15) is 14.4 Å². The van der Waals surface area contributed by atoms with Crippen LogP contribution in [-0.4, -0.2) is 50.7 Å². The molecule has 0 N–H and O–H groups in total. The lowest BCUT2D eigenvalue weighted by Gasteiger charge is -2.12. The average molecular weight is 571 g/mol. The maximum Gasteiger partial charge on any atom is 0.360 e. The normalized spacial score (nSPS) is 11.1. The molecule has 0 aliphatic rings. The molecule has 0 heterocycles. The highest BCUT2D eigenvalue weighted by atomic mass is 16.6. The van der Waals surface area contributed by atoms with Gasteiger partial charge < -0.3 is 23.9 Å². The van der Waals surface area contributed by atoms with Gasteiger partial charge in [-0.05, 0) is 49.1 Å². The zero-order valence-corrected chi connectivity index (χ0v) is 23.9. The number of aryl methyl sites for hydroxylation is 1. The first-order valence-corrected chi connectivity index (χ1v) is 12.7. The predicted octanol–water partition coefficient (Wildman–Crippen LogP) is 4.61. The van der Waals surface area contributed by atoms with Gasteiger partial charge in [-0.2, -0.15) is 0 Å². The van der Waals surface area contributed by atoms with Crippen molar-refractivity contribution in [2.45, 2.75) is 27.1 Å². The minimum absolute atomic E-state index is 0.00315. The third-order valence-corrected chi connectivity index (χ3v) is 5.88. The number of esters is 3. The Morgan fingerprint density at radius 3 is 2.24 bits per heavy atom. The van der Waals surface area contributed by atoms with Crippen LogP contribution in [0.15, 0.2) is 77.0 Å². The Morgan fingerprint density at radius 2 is 1.55 bits per heavy atom. The van der Waals surface area contributed by atoms with Crippen LogP contribution in [0.2, 0.25) is 0 Å². The Balaban J connectivity index is 1.76. The lowest BCUT2D eigenvalue weighted by Crippen LogP contribution is -2.20. The van der Waals surface area contributed by atoms with E-state index in [0.29, 0.717) is 22.4 Å². The number of oxime groups is 2. The molecule has 3 aromatic rings. The molecule has 0 amide bonds. The van der Waals surface area contributed by atoms with E-state index in [2.05, 4.69) is 22.2 Å².